The molecule has 0 aliphatic heterocycles. The maximum absolute atomic E-state index is 13.6. The number of halogens is 1. The van der Waals surface area contributed by atoms with Gasteiger partial charge in [0, 0.05) is 11.1 Å². The van der Waals surface area contributed by atoms with Crippen molar-refractivity contribution in [3.05, 3.63) is 52.2 Å². The van der Waals surface area contributed by atoms with Crippen molar-refractivity contribution < 1.29 is 9.18 Å². The molecule has 1 N–H and O–H groups in total. The Balaban J connectivity index is 1.86. The lowest BCUT2D eigenvalue weighted by Crippen LogP contribution is -2.43. The average molecular weight is 318 g/mol. The maximum Gasteiger partial charge on any atom is 0.231 e. The molecule has 0 unspecified atom stereocenters. The first-order chi connectivity index (χ1) is 10.6. The van der Waals surface area contributed by atoms with Crippen LogP contribution in [0.15, 0.2) is 36.0 Å². The summed E-state index contributed by atoms with van der Waals surface area (Å²) in [5.41, 5.74) is 1.95. The van der Waals surface area contributed by atoms with Gasteiger partial charge >= 0.3 is 0 Å². The molecule has 22 heavy (non-hydrogen) atoms. The molecule has 5 heteroatoms. The highest BCUT2D eigenvalue weighted by atomic mass is 32.1. The molecule has 2 aromatic rings. The number of nitrogens with zero attached hydrogens (tertiary/aromatic N) is 1. The quantitative estimate of drug-likeness (QED) is 0.927. The third-order valence-electron chi connectivity index (χ3n) is 4.49. The van der Waals surface area contributed by atoms with Crippen molar-refractivity contribution in [1.29, 1.82) is 0 Å². The minimum Gasteiger partial charge on any atom is -0.348 e. The predicted molar refractivity (Wildman–Crippen MR) is 85.2 cm³/mol. The van der Waals surface area contributed by atoms with Gasteiger partial charge in [0.15, 0.2) is 0 Å². The number of hydrogen-bond donors (Lipinski definition) is 1. The van der Waals surface area contributed by atoms with Crippen LogP contribution in [0.3, 0.4) is 0 Å². The van der Waals surface area contributed by atoms with Gasteiger partial charge < -0.3 is 5.32 Å². The number of thiazole rings is 1. The lowest BCUT2D eigenvalue weighted by molar-refractivity contribution is -0.127. The second-order valence-corrected chi connectivity index (χ2v) is 6.82. The third-order valence-corrected chi connectivity index (χ3v) is 5.45. The summed E-state index contributed by atoms with van der Waals surface area (Å²) in [7, 11) is 0. The highest BCUT2D eigenvalue weighted by Crippen LogP contribution is 2.42. The van der Waals surface area contributed by atoms with E-state index in [1.54, 1.807) is 17.8 Å². The van der Waals surface area contributed by atoms with Crippen LogP contribution in [0, 0.1) is 5.82 Å². The fourth-order valence-electron chi connectivity index (χ4n) is 3.26. The van der Waals surface area contributed by atoms with E-state index in [9.17, 15) is 9.18 Å². The van der Waals surface area contributed by atoms with Crippen LogP contribution >= 0.6 is 11.3 Å². The van der Waals surface area contributed by atoms with Crippen molar-refractivity contribution in [3.63, 3.8) is 0 Å². The average Bonchev–Trinajstić information content (AvgIpc) is 3.19. The monoisotopic (exact) mass is 318 g/mol. The van der Waals surface area contributed by atoms with Crippen LogP contribution in [0.4, 0.5) is 4.39 Å². The molecule has 0 saturated heterocycles. The first kappa shape index (κ1) is 15.2. The van der Waals surface area contributed by atoms with Crippen LogP contribution < -0.4 is 5.32 Å². The van der Waals surface area contributed by atoms with Crippen LogP contribution in [0.5, 0.6) is 0 Å². The minimum absolute atomic E-state index is 0.00324. The standard InChI is InChI=1S/C17H19FN2OS/c1-12(15-10-19-11-22-15)20-16(21)17(7-2-3-8-17)13-5-4-6-14(18)9-13/h4-6,9-12H,2-3,7-8H2,1H3,(H,20,21)/t12-/m0/s1. The van der Waals surface area contributed by atoms with Crippen molar-refractivity contribution in [2.45, 2.75) is 44.1 Å². The summed E-state index contributed by atoms with van der Waals surface area (Å²) in [5, 5.41) is 3.09. The summed E-state index contributed by atoms with van der Waals surface area (Å²) in [4.78, 5) is 18.0. The van der Waals surface area contributed by atoms with E-state index in [4.69, 9.17) is 0 Å². The van der Waals surface area contributed by atoms with Gasteiger partial charge in [-0.2, -0.15) is 0 Å². The van der Waals surface area contributed by atoms with E-state index in [1.165, 1.54) is 23.5 Å². The summed E-state index contributed by atoms with van der Waals surface area (Å²) in [6, 6.07) is 6.40. The zero-order valence-corrected chi connectivity index (χ0v) is 13.3. The van der Waals surface area contributed by atoms with Gasteiger partial charge in [-0.15, -0.1) is 11.3 Å². The van der Waals surface area contributed by atoms with Gasteiger partial charge in [-0.3, -0.25) is 9.78 Å². The second-order valence-electron chi connectivity index (χ2n) is 5.90. The van der Waals surface area contributed by atoms with Crippen molar-refractivity contribution in [2.24, 2.45) is 0 Å². The van der Waals surface area contributed by atoms with Gasteiger partial charge in [-0.1, -0.05) is 25.0 Å². The van der Waals surface area contributed by atoms with E-state index in [-0.39, 0.29) is 17.8 Å². The SMILES string of the molecule is C[C@H](NC(=O)C1(c2cccc(F)c2)CCCC1)c1cncs1. The van der Waals surface area contributed by atoms with Crippen LogP contribution in [0.1, 0.15) is 49.1 Å². The molecule has 1 aliphatic rings. The van der Waals surface area contributed by atoms with Crippen molar-refractivity contribution in [1.82, 2.24) is 10.3 Å². The third kappa shape index (κ3) is 2.77. The Hall–Kier alpha value is -1.75. The van der Waals surface area contributed by atoms with Crippen LogP contribution in [-0.2, 0) is 10.2 Å². The van der Waals surface area contributed by atoms with Crippen LogP contribution in [0.25, 0.3) is 0 Å². The van der Waals surface area contributed by atoms with Crippen molar-refractivity contribution >= 4 is 17.2 Å². The van der Waals surface area contributed by atoms with Crippen LogP contribution in [0.2, 0.25) is 0 Å². The summed E-state index contributed by atoms with van der Waals surface area (Å²) in [6.07, 6.45) is 5.33. The number of hydrogen-bond acceptors (Lipinski definition) is 3. The van der Waals surface area contributed by atoms with E-state index < -0.39 is 5.41 Å². The highest BCUT2D eigenvalue weighted by Gasteiger charge is 2.43. The zero-order valence-electron chi connectivity index (χ0n) is 12.5. The molecule has 1 aromatic carbocycles. The molecule has 0 radical (unpaired) electrons. The molecule has 1 aliphatic carbocycles. The molecule has 1 aromatic heterocycles. The van der Waals surface area contributed by atoms with Crippen molar-refractivity contribution in [2.75, 3.05) is 0 Å². The van der Waals surface area contributed by atoms with Gasteiger partial charge in [0.1, 0.15) is 5.82 Å². The fourth-order valence-corrected chi connectivity index (χ4v) is 3.89. The number of aromatic nitrogens is 1. The first-order valence-electron chi connectivity index (χ1n) is 7.57. The Kier molecular flexibility index (Phi) is 4.25. The summed E-state index contributed by atoms with van der Waals surface area (Å²) < 4.78 is 13.6. The fraction of sp³-hybridized carbons (Fsp3) is 0.412. The largest absolute Gasteiger partial charge is 0.348 e. The van der Waals surface area contributed by atoms with E-state index in [0.717, 1.165) is 36.1 Å². The van der Waals surface area contributed by atoms with Gasteiger partial charge in [-0.05, 0) is 37.5 Å². The molecule has 1 atom stereocenters. The topological polar surface area (TPSA) is 42.0 Å². The Morgan fingerprint density at radius 3 is 2.82 bits per heavy atom. The molecule has 1 fully saturated rings. The maximum atomic E-state index is 13.6. The Morgan fingerprint density at radius 1 is 1.41 bits per heavy atom. The van der Waals surface area contributed by atoms with E-state index >= 15 is 0 Å². The molecule has 116 valence electrons. The normalized spacial score (nSPS) is 18.1. The molecule has 1 saturated carbocycles. The number of amides is 1. The minimum atomic E-state index is -0.596. The number of benzene rings is 1. The number of carbonyl (C=O) groups is 1. The number of rotatable bonds is 4. The molecule has 3 nitrogen and oxygen atoms in total. The summed E-state index contributed by atoms with van der Waals surface area (Å²) >= 11 is 1.53. The van der Waals surface area contributed by atoms with Gasteiger partial charge in [0.05, 0.1) is 17.0 Å². The number of carbonyl (C=O) groups excluding carboxylic acids is 1. The molecule has 3 rings (SSSR count). The number of nitrogens with one attached hydrogen (secondary N) is 1. The van der Waals surface area contributed by atoms with Gasteiger partial charge in [-0.25, -0.2) is 4.39 Å². The van der Waals surface area contributed by atoms with E-state index in [2.05, 4.69) is 10.3 Å². The summed E-state index contributed by atoms with van der Waals surface area (Å²) in [6.45, 7) is 1.96. The lowest BCUT2D eigenvalue weighted by atomic mass is 9.77. The summed E-state index contributed by atoms with van der Waals surface area (Å²) in [5.74, 6) is -0.288. The zero-order chi connectivity index (χ0) is 15.6. The molecular formula is C17H19FN2OS. The van der Waals surface area contributed by atoms with Crippen LogP contribution in [-0.4, -0.2) is 10.9 Å². The molecule has 0 spiro atoms. The Labute approximate surface area is 133 Å². The smallest absolute Gasteiger partial charge is 0.231 e. The molecular weight excluding hydrogens is 299 g/mol. The van der Waals surface area contributed by atoms with E-state index in [0.29, 0.717) is 0 Å². The second kappa shape index (κ2) is 6.16. The molecule has 1 amide bonds. The first-order valence-corrected chi connectivity index (χ1v) is 8.45. The Bertz CT molecular complexity index is 650. The predicted octanol–water partition coefficient (Wildman–Crippen LogP) is 3.97. The van der Waals surface area contributed by atoms with Crippen molar-refractivity contribution in [3.8, 4) is 0 Å². The molecule has 0 bridgehead atoms. The van der Waals surface area contributed by atoms with Gasteiger partial charge in [0.25, 0.3) is 0 Å². The highest BCUT2D eigenvalue weighted by molar-refractivity contribution is 7.09. The van der Waals surface area contributed by atoms with E-state index in [1.807, 2.05) is 13.0 Å². The van der Waals surface area contributed by atoms with Gasteiger partial charge in [0.2, 0.25) is 5.91 Å². The Morgan fingerprint density at radius 2 is 2.18 bits per heavy atom. The molecule has 1 heterocycles. The lowest BCUT2D eigenvalue weighted by Gasteiger charge is -2.30.